The van der Waals surface area contributed by atoms with Gasteiger partial charge >= 0.3 is 5.97 Å². The Morgan fingerprint density at radius 2 is 1.76 bits per heavy atom. The number of nitrogens with zero attached hydrogens (tertiary/aromatic N) is 2. The van der Waals surface area contributed by atoms with Gasteiger partial charge in [-0.2, -0.15) is 10.5 Å². The summed E-state index contributed by atoms with van der Waals surface area (Å²) in [6.45, 7) is 7.26. The third-order valence-electron chi connectivity index (χ3n) is 2.25. The zero-order valence-corrected chi connectivity index (χ0v) is 11.0. The van der Waals surface area contributed by atoms with Gasteiger partial charge in [-0.25, -0.2) is 0 Å². The van der Waals surface area contributed by atoms with Crippen LogP contribution in [0.3, 0.4) is 0 Å². The lowest BCUT2D eigenvalue weighted by Crippen LogP contribution is -2.29. The second-order valence-corrected chi connectivity index (χ2v) is 5.17. The molecule has 0 radical (unpaired) electrons. The van der Waals surface area contributed by atoms with Crippen LogP contribution in [0.1, 0.15) is 53.4 Å². The average Bonchev–Trinajstić information content (AvgIpc) is 2.21. The summed E-state index contributed by atoms with van der Waals surface area (Å²) in [5, 5.41) is 18.1. The Kier molecular flexibility index (Phi) is 5.68. The molecule has 0 aliphatic carbocycles. The van der Waals surface area contributed by atoms with E-state index in [2.05, 4.69) is 0 Å². The van der Waals surface area contributed by atoms with Crippen LogP contribution in [0, 0.1) is 28.1 Å². The minimum Gasteiger partial charge on any atom is -0.460 e. The van der Waals surface area contributed by atoms with E-state index in [9.17, 15) is 4.79 Å². The summed E-state index contributed by atoms with van der Waals surface area (Å²) in [4.78, 5) is 11.6. The van der Waals surface area contributed by atoms with E-state index >= 15 is 0 Å². The molecule has 0 saturated heterocycles. The van der Waals surface area contributed by atoms with Gasteiger partial charge in [-0.1, -0.05) is 19.8 Å². The molecule has 0 spiro atoms. The predicted octanol–water partition coefficient (Wildman–Crippen LogP) is 2.94. The lowest BCUT2D eigenvalue weighted by molar-refractivity contribution is -0.156. The molecule has 0 aromatic carbocycles. The summed E-state index contributed by atoms with van der Waals surface area (Å²) in [5.41, 5.74) is -1.82. The van der Waals surface area contributed by atoms with E-state index in [-0.39, 0.29) is 6.42 Å². The van der Waals surface area contributed by atoms with E-state index < -0.39 is 17.0 Å². The number of esters is 1. The summed E-state index contributed by atoms with van der Waals surface area (Å²) < 4.78 is 5.14. The molecule has 94 valence electrons. The molecule has 4 nitrogen and oxygen atoms in total. The standard InChI is InChI=1S/C13H20N2O2/c1-5-6-7-13(9-14,10-15)8-11(16)17-12(2,3)4/h5-8H2,1-4H3. The van der Waals surface area contributed by atoms with Gasteiger partial charge in [0.05, 0.1) is 18.6 Å². The van der Waals surface area contributed by atoms with Gasteiger partial charge in [0, 0.05) is 0 Å². The first kappa shape index (κ1) is 15.4. The highest BCUT2D eigenvalue weighted by Gasteiger charge is 2.34. The van der Waals surface area contributed by atoms with Crippen LogP contribution in [0.2, 0.25) is 0 Å². The first-order chi connectivity index (χ1) is 7.78. The molecule has 0 unspecified atom stereocenters. The molecule has 0 aliphatic heterocycles. The fraction of sp³-hybridized carbons (Fsp3) is 0.769. The van der Waals surface area contributed by atoms with Crippen LogP contribution in [-0.2, 0) is 9.53 Å². The fourth-order valence-corrected chi connectivity index (χ4v) is 1.41. The molecular formula is C13H20N2O2. The Morgan fingerprint density at radius 3 is 2.12 bits per heavy atom. The molecule has 0 N–H and O–H groups in total. The number of unbranched alkanes of at least 4 members (excludes halogenated alkanes) is 1. The Hall–Kier alpha value is -1.55. The summed E-state index contributed by atoms with van der Waals surface area (Å²) in [6.07, 6.45) is 1.90. The van der Waals surface area contributed by atoms with Crippen molar-refractivity contribution in [1.29, 1.82) is 10.5 Å². The minimum atomic E-state index is -1.24. The maximum Gasteiger partial charge on any atom is 0.309 e. The summed E-state index contributed by atoms with van der Waals surface area (Å²) >= 11 is 0. The van der Waals surface area contributed by atoms with Crippen molar-refractivity contribution in [3.63, 3.8) is 0 Å². The molecule has 0 saturated carbocycles. The quantitative estimate of drug-likeness (QED) is 0.688. The van der Waals surface area contributed by atoms with Crippen LogP contribution < -0.4 is 0 Å². The monoisotopic (exact) mass is 236 g/mol. The number of rotatable bonds is 5. The van der Waals surface area contributed by atoms with Crippen LogP contribution >= 0.6 is 0 Å². The van der Waals surface area contributed by atoms with Gasteiger partial charge in [-0.05, 0) is 27.2 Å². The Balaban J connectivity index is 4.62. The van der Waals surface area contributed by atoms with E-state index in [1.807, 2.05) is 19.1 Å². The van der Waals surface area contributed by atoms with E-state index in [0.29, 0.717) is 6.42 Å². The van der Waals surface area contributed by atoms with Gasteiger partial charge in [-0.3, -0.25) is 4.79 Å². The maximum atomic E-state index is 11.6. The van der Waals surface area contributed by atoms with Gasteiger partial charge in [0.15, 0.2) is 5.41 Å². The van der Waals surface area contributed by atoms with Crippen LogP contribution in [0.25, 0.3) is 0 Å². The van der Waals surface area contributed by atoms with Crippen molar-refractivity contribution < 1.29 is 9.53 Å². The number of nitriles is 2. The third-order valence-corrected chi connectivity index (χ3v) is 2.25. The highest BCUT2D eigenvalue weighted by atomic mass is 16.6. The van der Waals surface area contributed by atoms with E-state index in [1.54, 1.807) is 20.8 Å². The molecule has 4 heteroatoms. The third kappa shape index (κ3) is 5.92. The molecule has 0 fully saturated rings. The normalized spacial score (nSPS) is 11.4. The highest BCUT2D eigenvalue weighted by molar-refractivity contribution is 5.72. The SMILES string of the molecule is CCCCC(C#N)(C#N)CC(=O)OC(C)(C)C. The van der Waals surface area contributed by atoms with Gasteiger partial charge in [0.25, 0.3) is 0 Å². The van der Waals surface area contributed by atoms with Crippen molar-refractivity contribution in [2.24, 2.45) is 5.41 Å². The van der Waals surface area contributed by atoms with Crippen LogP contribution in [0.4, 0.5) is 0 Å². The van der Waals surface area contributed by atoms with Gasteiger partial charge < -0.3 is 4.74 Å². The summed E-state index contributed by atoms with van der Waals surface area (Å²) in [5.74, 6) is -0.489. The van der Waals surface area contributed by atoms with Crippen LogP contribution in [0.15, 0.2) is 0 Å². The first-order valence-corrected chi connectivity index (χ1v) is 5.83. The molecule has 0 bridgehead atoms. The summed E-state index contributed by atoms with van der Waals surface area (Å²) in [7, 11) is 0. The molecule has 0 aromatic heterocycles. The van der Waals surface area contributed by atoms with Crippen molar-refractivity contribution in [3.8, 4) is 12.1 Å². The van der Waals surface area contributed by atoms with Gasteiger partial charge in [0.1, 0.15) is 5.60 Å². The Bertz CT molecular complexity index is 328. The Morgan fingerprint density at radius 1 is 1.24 bits per heavy atom. The fourth-order valence-electron chi connectivity index (χ4n) is 1.41. The first-order valence-electron chi connectivity index (χ1n) is 5.83. The van der Waals surface area contributed by atoms with Gasteiger partial charge in [0.2, 0.25) is 0 Å². The van der Waals surface area contributed by atoms with Crippen molar-refractivity contribution in [2.75, 3.05) is 0 Å². The van der Waals surface area contributed by atoms with Crippen molar-refractivity contribution in [2.45, 2.75) is 59.0 Å². The average molecular weight is 236 g/mol. The van der Waals surface area contributed by atoms with E-state index in [1.165, 1.54) is 0 Å². The predicted molar refractivity (Wildman–Crippen MR) is 63.6 cm³/mol. The lowest BCUT2D eigenvalue weighted by atomic mass is 9.82. The van der Waals surface area contributed by atoms with Crippen LogP contribution in [-0.4, -0.2) is 11.6 Å². The maximum absolute atomic E-state index is 11.6. The smallest absolute Gasteiger partial charge is 0.309 e. The molecular weight excluding hydrogens is 216 g/mol. The zero-order chi connectivity index (χ0) is 13.5. The summed E-state index contributed by atoms with van der Waals surface area (Å²) in [6, 6.07) is 3.91. The molecule has 0 aliphatic rings. The van der Waals surface area contributed by atoms with Crippen LogP contribution in [0.5, 0.6) is 0 Å². The minimum absolute atomic E-state index is 0.155. The van der Waals surface area contributed by atoms with Crippen molar-refractivity contribution in [3.05, 3.63) is 0 Å². The molecule has 17 heavy (non-hydrogen) atoms. The second kappa shape index (κ2) is 6.25. The molecule has 0 rings (SSSR count). The number of carbonyl (C=O) groups excluding carboxylic acids is 1. The van der Waals surface area contributed by atoms with E-state index in [0.717, 1.165) is 12.8 Å². The Labute approximate surface area is 103 Å². The molecule has 0 amide bonds. The zero-order valence-electron chi connectivity index (χ0n) is 11.0. The lowest BCUT2D eigenvalue weighted by Gasteiger charge is -2.23. The highest BCUT2D eigenvalue weighted by Crippen LogP contribution is 2.28. The van der Waals surface area contributed by atoms with Gasteiger partial charge in [-0.15, -0.1) is 0 Å². The van der Waals surface area contributed by atoms with Crippen molar-refractivity contribution >= 4 is 5.97 Å². The number of hydrogen-bond acceptors (Lipinski definition) is 4. The largest absolute Gasteiger partial charge is 0.460 e. The van der Waals surface area contributed by atoms with E-state index in [4.69, 9.17) is 15.3 Å². The second-order valence-electron chi connectivity index (χ2n) is 5.17. The molecule has 0 aromatic rings. The number of ether oxygens (including phenoxy) is 1. The number of hydrogen-bond donors (Lipinski definition) is 0. The molecule has 0 atom stereocenters. The topological polar surface area (TPSA) is 73.9 Å². The number of carbonyl (C=O) groups is 1. The van der Waals surface area contributed by atoms with Crippen molar-refractivity contribution in [1.82, 2.24) is 0 Å². The molecule has 0 heterocycles.